The molecule has 0 saturated heterocycles. The van der Waals surface area contributed by atoms with Crippen LogP contribution in [0.2, 0.25) is 0 Å². The largest absolute Gasteiger partial charge is 0.505 e. The molecule has 3 rings (SSSR count). The van der Waals surface area contributed by atoms with Crippen molar-refractivity contribution in [3.8, 4) is 5.75 Å². The van der Waals surface area contributed by atoms with Gasteiger partial charge in [0.05, 0.1) is 10.4 Å². The van der Waals surface area contributed by atoms with Crippen LogP contribution in [0, 0.1) is 11.7 Å². The van der Waals surface area contributed by atoms with Crippen LogP contribution < -0.4 is 0 Å². The number of hydrogen-bond acceptors (Lipinski definition) is 1. The van der Waals surface area contributed by atoms with Gasteiger partial charge in [-0.05, 0) is 45.8 Å². The molecule has 20 heavy (non-hydrogen) atoms. The summed E-state index contributed by atoms with van der Waals surface area (Å²) in [6.45, 7) is 2.91. The first-order valence-electron chi connectivity index (χ1n) is 6.36. The minimum absolute atomic E-state index is 0.0268. The Balaban J connectivity index is 2.21. The van der Waals surface area contributed by atoms with E-state index in [1.54, 1.807) is 0 Å². The first kappa shape index (κ1) is 14.2. The van der Waals surface area contributed by atoms with Gasteiger partial charge >= 0.3 is 0 Å². The summed E-state index contributed by atoms with van der Waals surface area (Å²) in [5.74, 6) is -7.25. The Morgan fingerprint density at radius 3 is 2.15 bits per heavy atom. The third-order valence-corrected chi connectivity index (χ3v) is 5.54. The van der Waals surface area contributed by atoms with Gasteiger partial charge in [-0.3, -0.25) is 0 Å². The van der Waals surface area contributed by atoms with Gasteiger partial charge in [0.2, 0.25) is 5.67 Å². The number of halogens is 5. The lowest BCUT2D eigenvalue weighted by Crippen LogP contribution is -2.14. The zero-order valence-corrected chi connectivity index (χ0v) is 12.5. The number of benzene rings is 1. The third-order valence-electron chi connectivity index (χ3n) is 4.77. The van der Waals surface area contributed by atoms with Crippen molar-refractivity contribution in [2.75, 3.05) is 0 Å². The number of rotatable bonds is 2. The van der Waals surface area contributed by atoms with Crippen LogP contribution in [0.25, 0.3) is 0 Å². The van der Waals surface area contributed by atoms with Gasteiger partial charge in [0.25, 0.3) is 5.92 Å². The first-order valence-corrected chi connectivity index (χ1v) is 7.15. The van der Waals surface area contributed by atoms with Gasteiger partial charge in [0.15, 0.2) is 11.6 Å². The topological polar surface area (TPSA) is 20.2 Å². The molecule has 1 aromatic rings. The fourth-order valence-corrected chi connectivity index (χ4v) is 3.52. The van der Waals surface area contributed by atoms with Crippen molar-refractivity contribution in [1.82, 2.24) is 0 Å². The van der Waals surface area contributed by atoms with E-state index in [0.29, 0.717) is 5.56 Å². The molecule has 1 aromatic carbocycles. The molecule has 1 N–H and O–H groups in total. The summed E-state index contributed by atoms with van der Waals surface area (Å²) in [5.41, 5.74) is -3.53. The monoisotopic (exact) mass is 352 g/mol. The van der Waals surface area contributed by atoms with E-state index in [-0.39, 0.29) is 9.89 Å². The van der Waals surface area contributed by atoms with Crippen LogP contribution in [0.3, 0.4) is 0 Å². The van der Waals surface area contributed by atoms with Crippen LogP contribution in [-0.4, -0.2) is 11.0 Å². The Bertz CT molecular complexity index is 612. The van der Waals surface area contributed by atoms with E-state index >= 15 is 0 Å². The van der Waals surface area contributed by atoms with E-state index in [1.807, 2.05) is 6.92 Å². The summed E-state index contributed by atoms with van der Waals surface area (Å²) in [7, 11) is 0. The van der Waals surface area contributed by atoms with Crippen LogP contribution in [0.15, 0.2) is 10.5 Å². The standard InChI is InChI=1S/C14H13BrF4O/c1-6-13(17,14(6,18)19)8-5-7(12(2)3-4-12)9(15)10(16)11(8)20/h5-6,20H,3-4H2,1-2H3. The van der Waals surface area contributed by atoms with Crippen molar-refractivity contribution in [2.24, 2.45) is 5.92 Å². The van der Waals surface area contributed by atoms with Crippen molar-refractivity contribution < 1.29 is 22.7 Å². The number of phenolic OH excluding ortho intramolecular Hbond substituents is 1. The lowest BCUT2D eigenvalue weighted by molar-refractivity contribution is 0.0379. The molecule has 0 aliphatic heterocycles. The molecule has 0 heterocycles. The second-order valence-electron chi connectivity index (χ2n) is 6.07. The summed E-state index contributed by atoms with van der Waals surface area (Å²) >= 11 is 3.03. The van der Waals surface area contributed by atoms with Crippen molar-refractivity contribution in [3.63, 3.8) is 0 Å². The van der Waals surface area contributed by atoms with Gasteiger partial charge in [0.1, 0.15) is 0 Å². The average molecular weight is 353 g/mol. The SMILES string of the molecule is CC1C(F)(F)C1(F)c1cc(C2(C)CC2)c(Br)c(F)c1O. The van der Waals surface area contributed by atoms with E-state index in [9.17, 15) is 22.7 Å². The Labute approximate surface area is 122 Å². The summed E-state index contributed by atoms with van der Waals surface area (Å²) < 4.78 is 55.5. The second-order valence-corrected chi connectivity index (χ2v) is 6.86. The van der Waals surface area contributed by atoms with E-state index < -0.39 is 34.6 Å². The van der Waals surface area contributed by atoms with Crippen molar-refractivity contribution in [3.05, 3.63) is 27.5 Å². The Hall–Kier alpha value is -0.780. The minimum atomic E-state index is -3.58. The molecule has 2 fully saturated rings. The maximum absolute atomic E-state index is 14.5. The van der Waals surface area contributed by atoms with Crippen molar-refractivity contribution >= 4 is 15.9 Å². The number of phenols is 1. The van der Waals surface area contributed by atoms with Crippen LogP contribution in [0.5, 0.6) is 5.75 Å². The fraction of sp³-hybridized carbons (Fsp3) is 0.571. The van der Waals surface area contributed by atoms with Crippen molar-refractivity contribution in [1.29, 1.82) is 0 Å². The van der Waals surface area contributed by atoms with E-state index in [1.165, 1.54) is 6.07 Å². The molecule has 2 aliphatic carbocycles. The molecule has 0 bridgehead atoms. The molecule has 2 aliphatic rings. The summed E-state index contributed by atoms with van der Waals surface area (Å²) in [6.07, 6.45) is 1.56. The molecule has 2 saturated carbocycles. The third kappa shape index (κ3) is 1.49. The molecule has 2 unspecified atom stereocenters. The van der Waals surface area contributed by atoms with E-state index in [4.69, 9.17) is 0 Å². The molecular formula is C14H13BrF4O. The van der Waals surface area contributed by atoms with E-state index in [0.717, 1.165) is 19.8 Å². The normalized spacial score (nSPS) is 33.0. The molecule has 6 heteroatoms. The van der Waals surface area contributed by atoms with Crippen molar-refractivity contribution in [2.45, 2.75) is 43.7 Å². The van der Waals surface area contributed by atoms with Gasteiger partial charge in [0, 0.05) is 5.56 Å². The summed E-state index contributed by atoms with van der Waals surface area (Å²) in [5, 5.41) is 9.74. The fourth-order valence-electron chi connectivity index (χ4n) is 2.74. The molecule has 2 atom stereocenters. The summed E-state index contributed by atoms with van der Waals surface area (Å²) in [4.78, 5) is 0. The van der Waals surface area contributed by atoms with Crippen LogP contribution in [0.1, 0.15) is 37.8 Å². The molecule has 1 nitrogen and oxygen atoms in total. The Morgan fingerprint density at radius 2 is 1.75 bits per heavy atom. The van der Waals surface area contributed by atoms with Gasteiger partial charge in [-0.2, -0.15) is 0 Å². The highest BCUT2D eigenvalue weighted by Crippen LogP contribution is 2.69. The highest BCUT2D eigenvalue weighted by molar-refractivity contribution is 9.10. The molecule has 0 aromatic heterocycles. The molecular weight excluding hydrogens is 340 g/mol. The van der Waals surface area contributed by atoms with Crippen LogP contribution >= 0.6 is 15.9 Å². The number of aromatic hydroxyl groups is 1. The maximum atomic E-state index is 14.5. The number of alkyl halides is 3. The first-order chi connectivity index (χ1) is 9.07. The van der Waals surface area contributed by atoms with Crippen LogP contribution in [-0.2, 0) is 11.1 Å². The highest BCUT2D eigenvalue weighted by atomic mass is 79.9. The predicted octanol–water partition coefficient (Wildman–Crippen LogP) is 4.80. The van der Waals surface area contributed by atoms with Crippen LogP contribution in [0.4, 0.5) is 17.6 Å². The Kier molecular flexibility index (Phi) is 2.62. The quantitative estimate of drug-likeness (QED) is 0.758. The molecule has 0 amide bonds. The minimum Gasteiger partial charge on any atom is -0.505 e. The maximum Gasteiger partial charge on any atom is 0.292 e. The number of hydrogen-bond donors (Lipinski definition) is 1. The van der Waals surface area contributed by atoms with Gasteiger partial charge < -0.3 is 5.11 Å². The Morgan fingerprint density at radius 1 is 1.25 bits per heavy atom. The zero-order valence-electron chi connectivity index (χ0n) is 10.9. The zero-order chi connectivity index (χ0) is 15.1. The van der Waals surface area contributed by atoms with Gasteiger partial charge in [-0.15, -0.1) is 0 Å². The van der Waals surface area contributed by atoms with Gasteiger partial charge in [-0.1, -0.05) is 13.8 Å². The lowest BCUT2D eigenvalue weighted by atomic mass is 9.93. The average Bonchev–Trinajstić information content (AvgIpc) is 3.21. The summed E-state index contributed by atoms with van der Waals surface area (Å²) in [6, 6.07) is 1.19. The van der Waals surface area contributed by atoms with Gasteiger partial charge in [-0.25, -0.2) is 17.6 Å². The molecule has 0 spiro atoms. The second kappa shape index (κ2) is 3.70. The highest BCUT2D eigenvalue weighted by Gasteiger charge is 2.82. The predicted molar refractivity (Wildman–Crippen MR) is 69.2 cm³/mol. The smallest absolute Gasteiger partial charge is 0.292 e. The van der Waals surface area contributed by atoms with E-state index in [2.05, 4.69) is 15.9 Å². The molecule has 0 radical (unpaired) electrons. The molecule has 110 valence electrons. The lowest BCUT2D eigenvalue weighted by Gasteiger charge is -2.18.